The summed E-state index contributed by atoms with van der Waals surface area (Å²) in [5.74, 6) is -0.187. The van der Waals surface area contributed by atoms with Crippen molar-refractivity contribution in [1.82, 2.24) is 5.48 Å². The number of amides is 2. The van der Waals surface area contributed by atoms with E-state index in [0.29, 0.717) is 29.8 Å². The van der Waals surface area contributed by atoms with Crippen molar-refractivity contribution in [3.63, 3.8) is 0 Å². The van der Waals surface area contributed by atoms with E-state index in [2.05, 4.69) is 5.32 Å². The Bertz CT molecular complexity index is 874. The maximum atomic E-state index is 12.6. The monoisotopic (exact) mass is 444 g/mol. The van der Waals surface area contributed by atoms with Crippen molar-refractivity contribution < 1.29 is 34.1 Å². The van der Waals surface area contributed by atoms with Crippen molar-refractivity contribution in [2.24, 2.45) is 0 Å². The van der Waals surface area contributed by atoms with Gasteiger partial charge in [0.1, 0.15) is 12.4 Å². The van der Waals surface area contributed by atoms with Crippen molar-refractivity contribution in [3.8, 4) is 5.75 Å². The summed E-state index contributed by atoms with van der Waals surface area (Å²) in [6.07, 6.45) is 1.52. The number of hydrogen-bond donors (Lipinski definition) is 4. The van der Waals surface area contributed by atoms with Gasteiger partial charge in [-0.25, -0.2) is 10.3 Å². The number of allylic oxidation sites excluding steroid dienone is 1. The first-order valence-corrected chi connectivity index (χ1v) is 10.1. The Morgan fingerprint density at radius 2 is 1.81 bits per heavy atom. The van der Waals surface area contributed by atoms with E-state index in [9.17, 15) is 9.59 Å². The normalized spacial score (nSPS) is 12.7. The number of ether oxygens (including phenoxy) is 3. The molecule has 172 valence electrons. The number of carbonyl (C=O) groups excluding carboxylic acids is 2. The molecular formula is C23H28N2O7. The quantitative estimate of drug-likeness (QED) is 0.225. The SMILES string of the molecule is CO[C@H](CC/C=C/C(=O)NO)[C@H](OC(=O)Nc1ccccc1)c1ccccc1OCCO. The molecule has 2 atom stereocenters. The molecule has 0 aliphatic heterocycles. The van der Waals surface area contributed by atoms with Crippen LogP contribution < -0.4 is 15.5 Å². The summed E-state index contributed by atoms with van der Waals surface area (Å²) in [7, 11) is 1.50. The van der Waals surface area contributed by atoms with Crippen LogP contribution in [-0.2, 0) is 14.3 Å². The fraction of sp³-hybridized carbons (Fsp3) is 0.304. The van der Waals surface area contributed by atoms with Gasteiger partial charge in [-0.3, -0.25) is 15.3 Å². The summed E-state index contributed by atoms with van der Waals surface area (Å²) in [5.41, 5.74) is 2.67. The number of anilines is 1. The van der Waals surface area contributed by atoms with Gasteiger partial charge in [0.05, 0.1) is 12.7 Å². The lowest BCUT2D eigenvalue weighted by Gasteiger charge is -2.27. The van der Waals surface area contributed by atoms with E-state index in [0.717, 1.165) is 0 Å². The minimum Gasteiger partial charge on any atom is -0.491 e. The zero-order valence-corrected chi connectivity index (χ0v) is 17.8. The minimum absolute atomic E-state index is 0.0800. The van der Waals surface area contributed by atoms with Crippen LogP contribution in [0.25, 0.3) is 0 Å². The highest BCUT2D eigenvalue weighted by Gasteiger charge is 2.29. The Labute approximate surface area is 186 Å². The Hall–Kier alpha value is -3.40. The van der Waals surface area contributed by atoms with Crippen molar-refractivity contribution in [3.05, 3.63) is 72.3 Å². The Kier molecular flexibility index (Phi) is 10.7. The molecule has 2 aromatic rings. The first kappa shape index (κ1) is 24.9. The first-order chi connectivity index (χ1) is 15.6. The smallest absolute Gasteiger partial charge is 0.412 e. The molecule has 0 heterocycles. The maximum absolute atomic E-state index is 12.6. The van der Waals surface area contributed by atoms with Gasteiger partial charge in [-0.2, -0.15) is 0 Å². The van der Waals surface area contributed by atoms with Gasteiger partial charge in [-0.1, -0.05) is 42.5 Å². The molecule has 0 aliphatic carbocycles. The number of aliphatic hydroxyl groups is 1. The lowest BCUT2D eigenvalue weighted by Crippen LogP contribution is -2.28. The van der Waals surface area contributed by atoms with E-state index in [1.54, 1.807) is 54.6 Å². The van der Waals surface area contributed by atoms with Gasteiger partial charge >= 0.3 is 6.09 Å². The standard InChI is InChI=1S/C23H28N2O7/c1-30-20(13-7-8-14-21(27)25-29)22(18-11-5-6-12-19(18)31-16-15-26)32-23(28)24-17-9-3-2-4-10-17/h2-6,8-12,14,20,22,26,29H,7,13,15-16H2,1H3,(H,24,28)(H,25,27)/b14-8+/t20-,22-/m1/s1. The second kappa shape index (κ2) is 13.8. The molecule has 0 unspecified atom stereocenters. The van der Waals surface area contributed by atoms with Crippen LogP contribution in [-0.4, -0.2) is 48.7 Å². The average molecular weight is 444 g/mol. The third-order valence-corrected chi connectivity index (χ3v) is 4.47. The predicted molar refractivity (Wildman–Crippen MR) is 117 cm³/mol. The van der Waals surface area contributed by atoms with Gasteiger partial charge in [-0.05, 0) is 31.0 Å². The summed E-state index contributed by atoms with van der Waals surface area (Å²) in [6, 6.07) is 15.9. The van der Waals surface area contributed by atoms with Crippen molar-refractivity contribution in [1.29, 1.82) is 0 Å². The van der Waals surface area contributed by atoms with Crippen LogP contribution in [0.2, 0.25) is 0 Å². The summed E-state index contributed by atoms with van der Waals surface area (Å²) in [5, 5.41) is 20.4. The number of carbonyl (C=O) groups is 2. The number of benzene rings is 2. The number of aliphatic hydroxyl groups excluding tert-OH is 1. The fourth-order valence-corrected chi connectivity index (χ4v) is 3.01. The molecule has 0 fully saturated rings. The second-order valence-corrected chi connectivity index (χ2v) is 6.66. The number of methoxy groups -OCH3 is 1. The predicted octanol–water partition coefficient (Wildman–Crippen LogP) is 3.20. The molecule has 9 heteroatoms. The molecule has 0 radical (unpaired) electrons. The largest absolute Gasteiger partial charge is 0.491 e. The van der Waals surface area contributed by atoms with E-state index >= 15 is 0 Å². The van der Waals surface area contributed by atoms with E-state index < -0.39 is 24.2 Å². The summed E-state index contributed by atoms with van der Waals surface area (Å²) in [6.45, 7) is -0.0869. The Morgan fingerprint density at radius 3 is 2.50 bits per heavy atom. The number of rotatable bonds is 12. The summed E-state index contributed by atoms with van der Waals surface area (Å²) in [4.78, 5) is 23.8. The van der Waals surface area contributed by atoms with Crippen LogP contribution in [0.1, 0.15) is 24.5 Å². The van der Waals surface area contributed by atoms with Gasteiger partial charge in [0, 0.05) is 24.4 Å². The van der Waals surface area contributed by atoms with E-state index in [-0.39, 0.29) is 13.2 Å². The van der Waals surface area contributed by atoms with Crippen LogP contribution in [0.3, 0.4) is 0 Å². The van der Waals surface area contributed by atoms with Crippen molar-refractivity contribution in [2.45, 2.75) is 25.0 Å². The highest BCUT2D eigenvalue weighted by atomic mass is 16.6. The molecule has 0 saturated heterocycles. The zero-order chi connectivity index (χ0) is 23.2. The van der Waals surface area contributed by atoms with Crippen LogP contribution >= 0.6 is 0 Å². The number of hydroxylamine groups is 1. The van der Waals surface area contributed by atoms with Gasteiger partial charge < -0.3 is 19.3 Å². The maximum Gasteiger partial charge on any atom is 0.412 e. The molecule has 2 rings (SSSR count). The summed E-state index contributed by atoms with van der Waals surface area (Å²) >= 11 is 0. The van der Waals surface area contributed by atoms with Crippen LogP contribution in [0.4, 0.5) is 10.5 Å². The van der Waals surface area contributed by atoms with Gasteiger partial charge in [0.25, 0.3) is 5.91 Å². The van der Waals surface area contributed by atoms with Gasteiger partial charge in [0.2, 0.25) is 0 Å². The van der Waals surface area contributed by atoms with Gasteiger partial charge in [0.15, 0.2) is 6.10 Å². The number of hydrogen-bond acceptors (Lipinski definition) is 7. The third kappa shape index (κ3) is 8.03. The highest BCUT2D eigenvalue weighted by Crippen LogP contribution is 2.33. The lowest BCUT2D eigenvalue weighted by molar-refractivity contribution is -0.124. The van der Waals surface area contributed by atoms with E-state index in [4.69, 9.17) is 24.5 Å². The topological polar surface area (TPSA) is 126 Å². The zero-order valence-electron chi connectivity index (χ0n) is 17.8. The molecular weight excluding hydrogens is 416 g/mol. The third-order valence-electron chi connectivity index (χ3n) is 4.47. The molecule has 4 N–H and O–H groups in total. The Balaban J connectivity index is 2.24. The summed E-state index contributed by atoms with van der Waals surface area (Å²) < 4.78 is 17.0. The van der Waals surface area contributed by atoms with E-state index in [1.165, 1.54) is 18.7 Å². The molecule has 0 saturated carbocycles. The number of para-hydroxylation sites is 2. The highest BCUT2D eigenvalue weighted by molar-refractivity contribution is 5.86. The molecule has 2 aromatic carbocycles. The van der Waals surface area contributed by atoms with Crippen LogP contribution in [0, 0.1) is 0 Å². The van der Waals surface area contributed by atoms with E-state index in [1.807, 2.05) is 6.07 Å². The molecule has 0 bridgehead atoms. The molecule has 0 aromatic heterocycles. The Morgan fingerprint density at radius 1 is 1.09 bits per heavy atom. The number of nitrogens with one attached hydrogen (secondary N) is 2. The lowest BCUT2D eigenvalue weighted by atomic mass is 9.99. The average Bonchev–Trinajstić information content (AvgIpc) is 2.82. The van der Waals surface area contributed by atoms with Crippen LogP contribution in [0.15, 0.2) is 66.7 Å². The minimum atomic E-state index is -0.835. The fourth-order valence-electron chi connectivity index (χ4n) is 3.01. The first-order valence-electron chi connectivity index (χ1n) is 10.1. The molecule has 0 spiro atoms. The molecule has 2 amide bonds. The molecule has 32 heavy (non-hydrogen) atoms. The molecule has 9 nitrogen and oxygen atoms in total. The van der Waals surface area contributed by atoms with Crippen molar-refractivity contribution in [2.75, 3.05) is 25.6 Å². The van der Waals surface area contributed by atoms with Crippen molar-refractivity contribution >= 4 is 17.7 Å². The molecule has 0 aliphatic rings. The van der Waals surface area contributed by atoms with Gasteiger partial charge in [-0.15, -0.1) is 0 Å². The van der Waals surface area contributed by atoms with Crippen LogP contribution in [0.5, 0.6) is 5.75 Å². The second-order valence-electron chi connectivity index (χ2n) is 6.66.